The van der Waals surface area contributed by atoms with Gasteiger partial charge in [0.1, 0.15) is 11.9 Å². The number of aromatic nitrogens is 2. The van der Waals surface area contributed by atoms with E-state index in [1.807, 2.05) is 80.3 Å². The predicted molar refractivity (Wildman–Crippen MR) is 143 cm³/mol. The van der Waals surface area contributed by atoms with Crippen molar-refractivity contribution >= 4 is 28.8 Å². The Kier molecular flexibility index (Phi) is 8.58. The first-order valence-electron chi connectivity index (χ1n) is 13.2. The van der Waals surface area contributed by atoms with Gasteiger partial charge in [0.15, 0.2) is 0 Å². The number of likely N-dealkylation sites (tertiary alicyclic amines) is 1. The van der Waals surface area contributed by atoms with E-state index < -0.39 is 18.0 Å². The van der Waals surface area contributed by atoms with E-state index >= 15 is 0 Å². The third kappa shape index (κ3) is 6.76. The van der Waals surface area contributed by atoms with Gasteiger partial charge < -0.3 is 20.5 Å². The number of para-hydroxylation sites is 2. The fourth-order valence-electron chi connectivity index (χ4n) is 4.83. The Labute approximate surface area is 218 Å². The molecule has 3 amide bonds. The summed E-state index contributed by atoms with van der Waals surface area (Å²) in [6.07, 6.45) is 2.73. The Morgan fingerprint density at radius 1 is 1.03 bits per heavy atom. The lowest BCUT2D eigenvalue weighted by atomic mass is 10.0. The van der Waals surface area contributed by atoms with Crippen LogP contribution in [0.5, 0.6) is 0 Å². The van der Waals surface area contributed by atoms with Gasteiger partial charge in [0, 0.05) is 13.0 Å². The molecule has 4 rings (SSSR count). The van der Waals surface area contributed by atoms with Crippen LogP contribution in [-0.2, 0) is 14.4 Å². The van der Waals surface area contributed by atoms with Gasteiger partial charge in [-0.25, -0.2) is 4.98 Å². The van der Waals surface area contributed by atoms with Gasteiger partial charge in [-0.05, 0) is 49.8 Å². The minimum atomic E-state index is -0.962. The van der Waals surface area contributed by atoms with Crippen LogP contribution in [0.15, 0.2) is 54.6 Å². The van der Waals surface area contributed by atoms with Crippen LogP contribution >= 0.6 is 0 Å². The smallest absolute Gasteiger partial charge is 0.243 e. The molecule has 196 valence electrons. The molecule has 2 aromatic carbocycles. The number of amides is 3. The molecule has 0 saturated carbocycles. The molecule has 0 bridgehead atoms. The summed E-state index contributed by atoms with van der Waals surface area (Å²) in [5.74, 6) is 0.235. The third-order valence-corrected chi connectivity index (χ3v) is 6.91. The van der Waals surface area contributed by atoms with Crippen LogP contribution in [0, 0.1) is 5.92 Å². The van der Waals surface area contributed by atoms with E-state index in [1.165, 1.54) is 0 Å². The van der Waals surface area contributed by atoms with Gasteiger partial charge in [-0.1, -0.05) is 56.3 Å². The molecule has 37 heavy (non-hydrogen) atoms. The van der Waals surface area contributed by atoms with Crippen LogP contribution in [-0.4, -0.2) is 45.2 Å². The zero-order valence-electron chi connectivity index (χ0n) is 21.9. The number of benzene rings is 2. The first kappa shape index (κ1) is 26.4. The van der Waals surface area contributed by atoms with Gasteiger partial charge in [0.05, 0.1) is 29.5 Å². The number of imidazole rings is 1. The lowest BCUT2D eigenvalue weighted by Gasteiger charge is -2.28. The standard InChI is InChI=1S/C29H37N5O3/c1-19(2)15-16-26(35)31-24(18-27(36)34-17-9-14-25(34)21-10-5-4-6-11-21)29(37)30-20(3)28-32-22-12-7-8-13-23(22)33-28/h4-8,10-13,19-20,24-25H,9,14-18H2,1-3H3,(H,30,37)(H,31,35)(H,32,33)/t20?,24-,25-/m0/s1. The number of aromatic amines is 1. The number of nitrogens with one attached hydrogen (secondary N) is 3. The number of hydrogen-bond donors (Lipinski definition) is 3. The molecule has 2 heterocycles. The SMILES string of the molecule is CC(C)CCC(=O)N[C@@H](CC(=O)N1CCC[C@H]1c1ccccc1)C(=O)NC(C)c1nc2ccccc2[nH]1. The monoisotopic (exact) mass is 503 g/mol. The van der Waals surface area contributed by atoms with Crippen LogP contribution < -0.4 is 10.6 Å². The maximum absolute atomic E-state index is 13.4. The summed E-state index contributed by atoms with van der Waals surface area (Å²) >= 11 is 0. The molecule has 8 nitrogen and oxygen atoms in total. The van der Waals surface area contributed by atoms with Crippen molar-refractivity contribution in [3.63, 3.8) is 0 Å². The van der Waals surface area contributed by atoms with E-state index in [4.69, 9.17) is 0 Å². The number of rotatable bonds is 10. The summed E-state index contributed by atoms with van der Waals surface area (Å²) in [5, 5.41) is 5.78. The Bertz CT molecular complexity index is 1190. The number of fused-ring (bicyclic) bond motifs is 1. The van der Waals surface area contributed by atoms with Crippen molar-refractivity contribution in [1.82, 2.24) is 25.5 Å². The van der Waals surface area contributed by atoms with Gasteiger partial charge in [0.25, 0.3) is 0 Å². The van der Waals surface area contributed by atoms with Crippen molar-refractivity contribution in [3.05, 3.63) is 66.0 Å². The van der Waals surface area contributed by atoms with Gasteiger partial charge in [-0.15, -0.1) is 0 Å². The molecule has 1 aliphatic heterocycles. The molecule has 3 aromatic rings. The Morgan fingerprint density at radius 2 is 1.76 bits per heavy atom. The average Bonchev–Trinajstić information content (AvgIpc) is 3.55. The van der Waals surface area contributed by atoms with Crippen molar-refractivity contribution in [1.29, 1.82) is 0 Å². The summed E-state index contributed by atoms with van der Waals surface area (Å²) in [4.78, 5) is 49.2. The molecule has 0 radical (unpaired) electrons. The normalized spacial score (nSPS) is 17.1. The Hall–Kier alpha value is -3.68. The largest absolute Gasteiger partial charge is 0.345 e. The number of H-pyrrole nitrogens is 1. The zero-order chi connectivity index (χ0) is 26.4. The topological polar surface area (TPSA) is 107 Å². The van der Waals surface area contributed by atoms with Gasteiger partial charge in [-0.2, -0.15) is 0 Å². The van der Waals surface area contributed by atoms with Crippen LogP contribution in [0.2, 0.25) is 0 Å². The lowest BCUT2D eigenvalue weighted by Crippen LogP contribution is -2.50. The molecule has 1 saturated heterocycles. The first-order chi connectivity index (χ1) is 17.8. The second kappa shape index (κ2) is 12.0. The predicted octanol–water partition coefficient (Wildman–Crippen LogP) is 4.41. The van der Waals surface area contributed by atoms with Crippen LogP contribution in [0.25, 0.3) is 11.0 Å². The van der Waals surface area contributed by atoms with Crippen molar-refractivity contribution in [2.24, 2.45) is 5.92 Å². The molecule has 8 heteroatoms. The molecule has 1 aliphatic rings. The minimum Gasteiger partial charge on any atom is -0.345 e. The van der Waals surface area contributed by atoms with Crippen LogP contribution in [0.4, 0.5) is 0 Å². The van der Waals surface area contributed by atoms with E-state index in [0.717, 1.165) is 29.4 Å². The highest BCUT2D eigenvalue weighted by Gasteiger charge is 2.33. The van der Waals surface area contributed by atoms with Crippen LogP contribution in [0.1, 0.15) is 76.3 Å². The number of hydrogen-bond acceptors (Lipinski definition) is 4. The fraction of sp³-hybridized carbons (Fsp3) is 0.448. The second-order valence-corrected chi connectivity index (χ2v) is 10.3. The van der Waals surface area contributed by atoms with E-state index in [-0.39, 0.29) is 24.3 Å². The quantitative estimate of drug-likeness (QED) is 0.381. The van der Waals surface area contributed by atoms with Crippen LogP contribution in [0.3, 0.4) is 0 Å². The van der Waals surface area contributed by atoms with E-state index in [2.05, 4.69) is 20.6 Å². The first-order valence-corrected chi connectivity index (χ1v) is 13.2. The summed E-state index contributed by atoms with van der Waals surface area (Å²) in [6, 6.07) is 16.2. The van der Waals surface area contributed by atoms with Gasteiger partial charge in [-0.3, -0.25) is 14.4 Å². The summed E-state index contributed by atoms with van der Waals surface area (Å²) in [5.41, 5.74) is 2.79. The molecule has 0 aliphatic carbocycles. The molecular weight excluding hydrogens is 466 g/mol. The highest BCUT2D eigenvalue weighted by atomic mass is 16.2. The summed E-state index contributed by atoms with van der Waals surface area (Å²) in [6.45, 7) is 6.57. The van der Waals surface area contributed by atoms with Crippen molar-refractivity contribution < 1.29 is 14.4 Å². The van der Waals surface area contributed by atoms with Gasteiger partial charge >= 0.3 is 0 Å². The summed E-state index contributed by atoms with van der Waals surface area (Å²) < 4.78 is 0. The number of carbonyl (C=O) groups excluding carboxylic acids is 3. The molecule has 0 spiro atoms. The molecule has 1 aromatic heterocycles. The molecule has 1 unspecified atom stereocenters. The lowest BCUT2D eigenvalue weighted by molar-refractivity contribution is -0.137. The van der Waals surface area contributed by atoms with Crippen molar-refractivity contribution in [2.75, 3.05) is 6.54 Å². The second-order valence-electron chi connectivity index (χ2n) is 10.3. The molecule has 3 N–H and O–H groups in total. The zero-order valence-corrected chi connectivity index (χ0v) is 21.9. The number of carbonyl (C=O) groups is 3. The van der Waals surface area contributed by atoms with E-state index in [9.17, 15) is 14.4 Å². The van der Waals surface area contributed by atoms with Gasteiger partial charge in [0.2, 0.25) is 17.7 Å². The summed E-state index contributed by atoms with van der Waals surface area (Å²) in [7, 11) is 0. The minimum absolute atomic E-state index is 0.0106. The average molecular weight is 504 g/mol. The molecule has 1 fully saturated rings. The maximum atomic E-state index is 13.4. The Balaban J connectivity index is 1.47. The highest BCUT2D eigenvalue weighted by Crippen LogP contribution is 2.32. The highest BCUT2D eigenvalue weighted by molar-refractivity contribution is 5.92. The maximum Gasteiger partial charge on any atom is 0.243 e. The van der Waals surface area contributed by atoms with Crippen molar-refractivity contribution in [2.45, 2.75) is 71.0 Å². The Morgan fingerprint density at radius 3 is 2.49 bits per heavy atom. The molecular formula is C29H37N5O3. The van der Waals surface area contributed by atoms with Crippen molar-refractivity contribution in [3.8, 4) is 0 Å². The van der Waals surface area contributed by atoms with E-state index in [1.54, 1.807) is 0 Å². The fourth-order valence-corrected chi connectivity index (χ4v) is 4.83. The third-order valence-electron chi connectivity index (χ3n) is 6.91. The molecule has 3 atom stereocenters. The van der Waals surface area contributed by atoms with E-state index in [0.29, 0.717) is 31.1 Å². The number of nitrogens with zero attached hydrogens (tertiary/aromatic N) is 2.